The van der Waals surface area contributed by atoms with Crippen molar-refractivity contribution in [2.75, 3.05) is 0 Å². The fourth-order valence-electron chi connectivity index (χ4n) is 1.64. The molecule has 2 rings (SSSR count). The third-order valence-corrected chi connectivity index (χ3v) is 5.14. The maximum atomic E-state index is 12.4. The summed E-state index contributed by atoms with van der Waals surface area (Å²) in [5.74, 6) is 0.125. The van der Waals surface area contributed by atoms with Crippen LogP contribution in [-0.2, 0) is 5.41 Å². The first-order valence-corrected chi connectivity index (χ1v) is 7.68. The predicted octanol–water partition coefficient (Wildman–Crippen LogP) is 4.88. The highest BCUT2D eigenvalue weighted by Gasteiger charge is 2.20. The maximum absolute atomic E-state index is 12.4. The first-order chi connectivity index (χ1) is 8.39. The number of thiophene rings is 1. The molecule has 0 radical (unpaired) electrons. The normalized spacial score (nSPS) is 11.6. The van der Waals surface area contributed by atoms with Gasteiger partial charge in [0, 0.05) is 14.0 Å². The van der Waals surface area contributed by atoms with Crippen LogP contribution in [0.15, 0.2) is 36.4 Å². The van der Waals surface area contributed by atoms with E-state index in [0.29, 0.717) is 0 Å². The molecule has 18 heavy (non-hydrogen) atoms. The third kappa shape index (κ3) is 2.83. The van der Waals surface area contributed by atoms with Gasteiger partial charge in [0.25, 0.3) is 0 Å². The van der Waals surface area contributed by atoms with Gasteiger partial charge in [-0.25, -0.2) is 0 Å². The summed E-state index contributed by atoms with van der Waals surface area (Å²) in [4.78, 5) is 14.5. The van der Waals surface area contributed by atoms with E-state index < -0.39 is 0 Å². The Morgan fingerprint density at radius 1 is 1.11 bits per heavy atom. The number of hydrogen-bond acceptors (Lipinski definition) is 2. The van der Waals surface area contributed by atoms with E-state index in [1.54, 1.807) is 11.3 Å². The van der Waals surface area contributed by atoms with Gasteiger partial charge in [0.1, 0.15) is 0 Å². The molecule has 0 saturated heterocycles. The van der Waals surface area contributed by atoms with Crippen molar-refractivity contribution in [3.05, 3.63) is 55.3 Å². The molecule has 2 aromatic rings. The first-order valence-electron chi connectivity index (χ1n) is 5.79. The zero-order valence-corrected chi connectivity index (χ0v) is 13.6. The summed E-state index contributed by atoms with van der Waals surface area (Å²) in [7, 11) is 0. The van der Waals surface area contributed by atoms with Crippen LogP contribution in [0.25, 0.3) is 0 Å². The van der Waals surface area contributed by atoms with Crippen LogP contribution >= 0.6 is 33.9 Å². The van der Waals surface area contributed by atoms with Gasteiger partial charge < -0.3 is 0 Å². The second-order valence-corrected chi connectivity index (χ2v) is 7.47. The van der Waals surface area contributed by atoms with E-state index >= 15 is 0 Å². The molecular formula is C15H15IOS. The van der Waals surface area contributed by atoms with Gasteiger partial charge in [0.15, 0.2) is 0 Å². The summed E-state index contributed by atoms with van der Waals surface area (Å²) in [6, 6.07) is 11.7. The summed E-state index contributed by atoms with van der Waals surface area (Å²) in [6.45, 7) is 6.50. The Kier molecular flexibility index (Phi) is 3.92. The molecule has 1 nitrogen and oxygen atoms in total. The minimum atomic E-state index is 0.104. The Morgan fingerprint density at radius 2 is 1.78 bits per heavy atom. The minimum Gasteiger partial charge on any atom is -0.288 e. The Balaban J connectivity index is 2.36. The lowest BCUT2D eigenvalue weighted by atomic mass is 9.95. The number of carbonyl (C=O) groups is 1. The molecule has 1 heterocycles. The van der Waals surface area contributed by atoms with Crippen molar-refractivity contribution >= 4 is 39.7 Å². The monoisotopic (exact) mass is 370 g/mol. The Labute approximate surface area is 125 Å². The van der Waals surface area contributed by atoms with E-state index in [1.165, 1.54) is 4.88 Å². The molecule has 0 spiro atoms. The zero-order valence-electron chi connectivity index (χ0n) is 10.7. The second kappa shape index (κ2) is 5.13. The molecule has 0 N–H and O–H groups in total. The quantitative estimate of drug-likeness (QED) is 0.544. The lowest BCUT2D eigenvalue weighted by Crippen LogP contribution is -2.08. The van der Waals surface area contributed by atoms with Crippen molar-refractivity contribution in [3.63, 3.8) is 0 Å². The molecule has 0 atom stereocenters. The molecule has 0 aliphatic carbocycles. The fraction of sp³-hybridized carbons (Fsp3) is 0.267. The highest BCUT2D eigenvalue weighted by atomic mass is 127. The Morgan fingerprint density at radius 3 is 2.33 bits per heavy atom. The van der Waals surface area contributed by atoms with Gasteiger partial charge in [-0.1, -0.05) is 32.9 Å². The van der Waals surface area contributed by atoms with Crippen LogP contribution in [0.5, 0.6) is 0 Å². The van der Waals surface area contributed by atoms with Gasteiger partial charge in [0.05, 0.1) is 4.88 Å². The van der Waals surface area contributed by atoms with Crippen LogP contribution < -0.4 is 0 Å². The average molecular weight is 370 g/mol. The topological polar surface area (TPSA) is 17.1 Å². The molecule has 3 heteroatoms. The predicted molar refractivity (Wildman–Crippen MR) is 85.6 cm³/mol. The number of benzene rings is 1. The lowest BCUT2D eigenvalue weighted by molar-refractivity contribution is 0.104. The Hall–Kier alpha value is -0.680. The number of rotatable bonds is 2. The molecule has 0 unspecified atom stereocenters. The lowest BCUT2D eigenvalue weighted by Gasteiger charge is -2.15. The van der Waals surface area contributed by atoms with Gasteiger partial charge in [0.2, 0.25) is 5.78 Å². The average Bonchev–Trinajstić information content (AvgIpc) is 2.77. The smallest absolute Gasteiger partial charge is 0.204 e. The second-order valence-electron chi connectivity index (χ2n) is 5.22. The SMILES string of the molecule is CC(C)(C)c1ccc(C(=O)c2ccccc2I)s1. The summed E-state index contributed by atoms with van der Waals surface area (Å²) in [5, 5.41) is 0. The molecule has 0 aliphatic heterocycles. The summed E-state index contributed by atoms with van der Waals surface area (Å²) in [5.41, 5.74) is 0.896. The van der Waals surface area contributed by atoms with E-state index in [0.717, 1.165) is 14.0 Å². The molecule has 1 aromatic heterocycles. The molecule has 0 fully saturated rings. The molecule has 0 bridgehead atoms. The summed E-state index contributed by atoms with van der Waals surface area (Å²) >= 11 is 3.81. The fourth-order valence-corrected chi connectivity index (χ4v) is 3.29. The third-order valence-electron chi connectivity index (χ3n) is 2.69. The minimum absolute atomic E-state index is 0.104. The van der Waals surface area contributed by atoms with Gasteiger partial charge in [-0.2, -0.15) is 0 Å². The van der Waals surface area contributed by atoms with Crippen molar-refractivity contribution in [1.82, 2.24) is 0 Å². The van der Waals surface area contributed by atoms with Crippen molar-refractivity contribution < 1.29 is 4.79 Å². The van der Waals surface area contributed by atoms with Crippen LogP contribution in [0.1, 0.15) is 40.9 Å². The zero-order chi connectivity index (χ0) is 13.3. The summed E-state index contributed by atoms with van der Waals surface area (Å²) in [6.07, 6.45) is 0. The first kappa shape index (κ1) is 13.7. The molecule has 0 aliphatic rings. The Bertz CT molecular complexity index is 578. The molecular weight excluding hydrogens is 355 g/mol. The van der Waals surface area contributed by atoms with E-state index in [-0.39, 0.29) is 11.2 Å². The molecule has 1 aromatic carbocycles. The van der Waals surface area contributed by atoms with Crippen molar-refractivity contribution in [1.29, 1.82) is 0 Å². The number of halogens is 1. The van der Waals surface area contributed by atoms with Gasteiger partial charge in [-0.3, -0.25) is 4.79 Å². The van der Waals surface area contributed by atoms with Gasteiger partial charge in [-0.15, -0.1) is 11.3 Å². The largest absolute Gasteiger partial charge is 0.288 e. The van der Waals surface area contributed by atoms with Crippen LogP contribution in [0, 0.1) is 3.57 Å². The van der Waals surface area contributed by atoms with Crippen molar-refractivity contribution in [3.8, 4) is 0 Å². The van der Waals surface area contributed by atoms with Crippen molar-refractivity contribution in [2.45, 2.75) is 26.2 Å². The van der Waals surface area contributed by atoms with E-state index in [4.69, 9.17) is 0 Å². The van der Waals surface area contributed by atoms with Gasteiger partial charge in [-0.05, 0) is 52.3 Å². The van der Waals surface area contributed by atoms with E-state index in [1.807, 2.05) is 30.3 Å². The molecule has 0 saturated carbocycles. The number of hydrogen-bond donors (Lipinski definition) is 0. The van der Waals surface area contributed by atoms with E-state index in [2.05, 4.69) is 49.4 Å². The van der Waals surface area contributed by atoms with Crippen LogP contribution in [0.4, 0.5) is 0 Å². The van der Waals surface area contributed by atoms with Crippen LogP contribution in [-0.4, -0.2) is 5.78 Å². The van der Waals surface area contributed by atoms with Crippen molar-refractivity contribution in [2.24, 2.45) is 0 Å². The summed E-state index contributed by atoms with van der Waals surface area (Å²) < 4.78 is 1.01. The van der Waals surface area contributed by atoms with Crippen LogP contribution in [0.2, 0.25) is 0 Å². The number of ketones is 1. The standard InChI is InChI=1S/C15H15IOS/c1-15(2,3)13-9-8-12(18-13)14(17)10-6-4-5-7-11(10)16/h4-9H,1-3H3. The van der Waals surface area contributed by atoms with E-state index in [9.17, 15) is 4.79 Å². The van der Waals surface area contributed by atoms with Gasteiger partial charge >= 0.3 is 0 Å². The highest BCUT2D eigenvalue weighted by Crippen LogP contribution is 2.31. The highest BCUT2D eigenvalue weighted by molar-refractivity contribution is 14.1. The number of carbonyl (C=O) groups excluding carboxylic acids is 1. The molecule has 0 amide bonds. The molecule has 94 valence electrons. The maximum Gasteiger partial charge on any atom is 0.204 e. The van der Waals surface area contributed by atoms with Crippen LogP contribution in [0.3, 0.4) is 0 Å².